The number of H-pyrrole nitrogens is 1. The van der Waals surface area contributed by atoms with Gasteiger partial charge in [0.15, 0.2) is 0 Å². The predicted molar refractivity (Wildman–Crippen MR) is 96.9 cm³/mol. The number of aromatic nitrogens is 1. The number of aromatic amines is 1. The zero-order valence-corrected chi connectivity index (χ0v) is 14.6. The maximum Gasteiger partial charge on any atom is 0.240 e. The predicted octanol–water partition coefficient (Wildman–Crippen LogP) is 3.39. The second kappa shape index (κ2) is 6.25. The number of amides is 1. The largest absolute Gasteiger partial charge is 0.361 e. The number of carbonyl (C=O) groups is 1. The van der Waals surface area contributed by atoms with E-state index in [9.17, 15) is 4.79 Å². The van der Waals surface area contributed by atoms with E-state index < -0.39 is 0 Å². The zero-order valence-electron chi connectivity index (χ0n) is 14.6. The van der Waals surface area contributed by atoms with Gasteiger partial charge in [0.05, 0.1) is 6.04 Å². The van der Waals surface area contributed by atoms with Crippen LogP contribution in [0.25, 0.3) is 10.9 Å². The third-order valence-corrected chi connectivity index (χ3v) is 5.44. The Morgan fingerprint density at radius 2 is 2.08 bits per heavy atom. The first kappa shape index (κ1) is 15.7. The fourth-order valence-electron chi connectivity index (χ4n) is 4.33. The Labute approximate surface area is 143 Å². The van der Waals surface area contributed by atoms with Crippen LogP contribution in [0.5, 0.6) is 0 Å². The molecule has 128 valence electrons. The third-order valence-electron chi connectivity index (χ3n) is 5.44. The number of hydrogen-bond donors (Lipinski definition) is 2. The van der Waals surface area contributed by atoms with Gasteiger partial charge in [-0.15, -0.1) is 0 Å². The molecule has 2 aromatic rings. The molecule has 0 radical (unpaired) electrons. The smallest absolute Gasteiger partial charge is 0.240 e. The zero-order chi connectivity index (χ0) is 16.7. The van der Waals surface area contributed by atoms with Crippen molar-refractivity contribution in [1.29, 1.82) is 0 Å². The van der Waals surface area contributed by atoms with Gasteiger partial charge in [-0.1, -0.05) is 26.0 Å². The average molecular weight is 325 g/mol. The summed E-state index contributed by atoms with van der Waals surface area (Å²) in [5.74, 6) is 0.865. The van der Waals surface area contributed by atoms with E-state index in [1.807, 2.05) is 4.90 Å². The van der Waals surface area contributed by atoms with Crippen LogP contribution in [-0.2, 0) is 11.2 Å². The van der Waals surface area contributed by atoms with E-state index in [1.54, 1.807) is 0 Å². The van der Waals surface area contributed by atoms with E-state index in [2.05, 4.69) is 48.5 Å². The lowest BCUT2D eigenvalue weighted by Gasteiger charge is -2.28. The lowest BCUT2D eigenvalue weighted by molar-refractivity contribution is -0.132. The van der Waals surface area contributed by atoms with Gasteiger partial charge in [-0.25, -0.2) is 0 Å². The molecule has 2 aliphatic heterocycles. The van der Waals surface area contributed by atoms with Crippen LogP contribution in [0.2, 0.25) is 0 Å². The first-order valence-corrected chi connectivity index (χ1v) is 9.27. The van der Waals surface area contributed by atoms with Crippen molar-refractivity contribution in [2.24, 2.45) is 5.92 Å². The number of carbonyl (C=O) groups excluding carboxylic acids is 1. The molecule has 1 fully saturated rings. The van der Waals surface area contributed by atoms with Crippen LogP contribution in [0.4, 0.5) is 0 Å². The van der Waals surface area contributed by atoms with Crippen molar-refractivity contribution in [2.45, 2.75) is 51.6 Å². The number of likely N-dealkylation sites (tertiary alicyclic amines) is 1. The van der Waals surface area contributed by atoms with Crippen LogP contribution in [0, 0.1) is 5.92 Å². The van der Waals surface area contributed by atoms with Gasteiger partial charge in [0.1, 0.15) is 0 Å². The summed E-state index contributed by atoms with van der Waals surface area (Å²) in [6, 6.07) is 6.61. The summed E-state index contributed by atoms with van der Waals surface area (Å²) < 4.78 is 0. The number of rotatable bonds is 3. The molecule has 3 heterocycles. The number of benzene rings is 1. The van der Waals surface area contributed by atoms with Crippen molar-refractivity contribution in [3.8, 4) is 0 Å². The molecule has 0 aliphatic carbocycles. The highest BCUT2D eigenvalue weighted by atomic mass is 16.2. The molecular weight excluding hydrogens is 298 g/mol. The Morgan fingerprint density at radius 3 is 2.83 bits per heavy atom. The molecule has 2 N–H and O–H groups in total. The summed E-state index contributed by atoms with van der Waals surface area (Å²) in [6.45, 7) is 6.34. The van der Waals surface area contributed by atoms with Gasteiger partial charge in [-0.3, -0.25) is 10.1 Å². The number of hydrogen-bond acceptors (Lipinski definition) is 2. The van der Waals surface area contributed by atoms with Crippen molar-refractivity contribution >= 4 is 16.8 Å². The SMILES string of the molecule is CC(C)CC1NC(C(=O)N2CCCC2)Cc2c[nH]c3cccc1c23. The van der Waals surface area contributed by atoms with E-state index in [0.29, 0.717) is 5.92 Å². The molecule has 1 aromatic carbocycles. The van der Waals surface area contributed by atoms with Crippen molar-refractivity contribution < 1.29 is 4.79 Å². The average Bonchev–Trinajstić information content (AvgIpc) is 3.19. The summed E-state index contributed by atoms with van der Waals surface area (Å²) in [4.78, 5) is 18.5. The lowest BCUT2D eigenvalue weighted by Crippen LogP contribution is -2.47. The van der Waals surface area contributed by atoms with E-state index >= 15 is 0 Å². The van der Waals surface area contributed by atoms with Crippen LogP contribution in [0.15, 0.2) is 24.4 Å². The van der Waals surface area contributed by atoms with Gasteiger partial charge in [-0.05, 0) is 48.8 Å². The molecule has 4 heteroatoms. The molecular formula is C20H27N3O. The number of nitrogens with zero attached hydrogens (tertiary/aromatic N) is 1. The first-order chi connectivity index (χ1) is 11.6. The summed E-state index contributed by atoms with van der Waals surface area (Å²) in [7, 11) is 0. The van der Waals surface area contributed by atoms with Crippen molar-refractivity contribution in [1.82, 2.24) is 15.2 Å². The van der Waals surface area contributed by atoms with Crippen molar-refractivity contribution in [3.05, 3.63) is 35.5 Å². The molecule has 4 nitrogen and oxygen atoms in total. The lowest BCUT2D eigenvalue weighted by atomic mass is 9.94. The third kappa shape index (κ3) is 2.73. The minimum Gasteiger partial charge on any atom is -0.361 e. The minimum atomic E-state index is -0.113. The highest BCUT2D eigenvalue weighted by Crippen LogP contribution is 2.34. The maximum atomic E-state index is 13.0. The van der Waals surface area contributed by atoms with Gasteiger partial charge in [0.25, 0.3) is 0 Å². The highest BCUT2D eigenvalue weighted by Gasteiger charge is 2.33. The topological polar surface area (TPSA) is 48.1 Å². The maximum absolute atomic E-state index is 13.0. The Balaban J connectivity index is 1.72. The van der Waals surface area contributed by atoms with Gasteiger partial charge in [0.2, 0.25) is 5.91 Å². The molecule has 0 spiro atoms. The second-order valence-electron chi connectivity index (χ2n) is 7.72. The summed E-state index contributed by atoms with van der Waals surface area (Å²) in [5.41, 5.74) is 3.80. The van der Waals surface area contributed by atoms with Gasteiger partial charge in [0, 0.05) is 36.2 Å². The highest BCUT2D eigenvalue weighted by molar-refractivity contribution is 5.90. The molecule has 2 atom stereocenters. The second-order valence-corrected chi connectivity index (χ2v) is 7.72. The molecule has 0 saturated carbocycles. The monoisotopic (exact) mass is 325 g/mol. The molecule has 4 rings (SSSR count). The molecule has 1 aromatic heterocycles. The molecule has 2 aliphatic rings. The fraction of sp³-hybridized carbons (Fsp3) is 0.550. The van der Waals surface area contributed by atoms with Crippen molar-refractivity contribution in [3.63, 3.8) is 0 Å². The molecule has 2 unspecified atom stereocenters. The van der Waals surface area contributed by atoms with E-state index in [0.717, 1.165) is 38.8 Å². The molecule has 1 saturated heterocycles. The van der Waals surface area contributed by atoms with Gasteiger partial charge >= 0.3 is 0 Å². The molecule has 1 amide bonds. The van der Waals surface area contributed by atoms with Crippen LogP contribution in [0.3, 0.4) is 0 Å². The Kier molecular flexibility index (Phi) is 4.09. The van der Waals surface area contributed by atoms with Crippen molar-refractivity contribution in [2.75, 3.05) is 13.1 Å². The molecule has 0 bridgehead atoms. The van der Waals surface area contributed by atoms with Crippen LogP contribution in [-0.4, -0.2) is 34.9 Å². The minimum absolute atomic E-state index is 0.113. The van der Waals surface area contributed by atoms with Crippen LogP contribution in [0.1, 0.15) is 50.3 Å². The number of nitrogens with one attached hydrogen (secondary N) is 2. The van der Waals surface area contributed by atoms with E-state index in [1.165, 1.54) is 22.0 Å². The van der Waals surface area contributed by atoms with Gasteiger partial charge in [-0.2, -0.15) is 0 Å². The van der Waals surface area contributed by atoms with E-state index in [4.69, 9.17) is 0 Å². The Morgan fingerprint density at radius 1 is 1.29 bits per heavy atom. The van der Waals surface area contributed by atoms with Crippen LogP contribution >= 0.6 is 0 Å². The normalized spacial score (nSPS) is 23.9. The summed E-state index contributed by atoms with van der Waals surface area (Å²) in [6.07, 6.45) is 6.21. The van der Waals surface area contributed by atoms with Crippen LogP contribution < -0.4 is 5.32 Å². The Hall–Kier alpha value is -1.81. The fourth-order valence-corrected chi connectivity index (χ4v) is 4.33. The molecule has 24 heavy (non-hydrogen) atoms. The summed E-state index contributed by atoms with van der Waals surface area (Å²) >= 11 is 0. The quantitative estimate of drug-likeness (QED) is 0.909. The van der Waals surface area contributed by atoms with E-state index in [-0.39, 0.29) is 18.0 Å². The Bertz CT molecular complexity index is 742. The summed E-state index contributed by atoms with van der Waals surface area (Å²) in [5, 5.41) is 5.04. The first-order valence-electron chi connectivity index (χ1n) is 9.27. The van der Waals surface area contributed by atoms with Gasteiger partial charge < -0.3 is 9.88 Å². The standard InChI is InChI=1S/C20H27N3O/c1-13(2)10-17-15-6-5-7-16-19(15)14(12-21-16)11-18(22-17)20(24)23-8-3-4-9-23/h5-7,12-13,17-18,21-22H,3-4,8-11H2,1-2H3.